The SMILES string of the molecule is C=Cc1ccc(OS(=O)(=O)CS(=O)(=O)O)cc1. The minimum absolute atomic E-state index is 0.0424. The molecule has 0 aliphatic carbocycles. The van der Waals surface area contributed by atoms with Crippen LogP contribution in [0.1, 0.15) is 5.56 Å². The van der Waals surface area contributed by atoms with Crippen LogP contribution in [0.5, 0.6) is 5.75 Å². The molecular formula is C9H10O6S2. The highest BCUT2D eigenvalue weighted by atomic mass is 32.3. The number of rotatable bonds is 5. The molecule has 94 valence electrons. The van der Waals surface area contributed by atoms with Crippen LogP contribution in [0, 0.1) is 0 Å². The topological polar surface area (TPSA) is 97.7 Å². The van der Waals surface area contributed by atoms with E-state index in [0.29, 0.717) is 0 Å². The van der Waals surface area contributed by atoms with Crippen LogP contribution in [0.4, 0.5) is 0 Å². The van der Waals surface area contributed by atoms with Gasteiger partial charge in [0.15, 0.2) is 0 Å². The number of benzene rings is 1. The maximum atomic E-state index is 11.2. The van der Waals surface area contributed by atoms with Gasteiger partial charge in [-0.15, -0.1) is 0 Å². The highest BCUT2D eigenvalue weighted by Crippen LogP contribution is 2.15. The second-order valence-corrected chi connectivity index (χ2v) is 6.50. The third-order valence-electron chi connectivity index (χ3n) is 1.63. The first-order valence-electron chi connectivity index (χ1n) is 4.32. The molecule has 0 aliphatic heterocycles. The zero-order valence-electron chi connectivity index (χ0n) is 8.61. The summed E-state index contributed by atoms with van der Waals surface area (Å²) in [5.74, 6) is -0.0424. The molecule has 0 saturated heterocycles. The van der Waals surface area contributed by atoms with Crippen LogP contribution >= 0.6 is 0 Å². The Morgan fingerprint density at radius 2 is 1.71 bits per heavy atom. The van der Waals surface area contributed by atoms with Gasteiger partial charge in [-0.05, 0) is 17.7 Å². The lowest BCUT2D eigenvalue weighted by Crippen LogP contribution is -2.20. The molecule has 0 unspecified atom stereocenters. The molecule has 1 N–H and O–H groups in total. The van der Waals surface area contributed by atoms with E-state index in [1.54, 1.807) is 18.2 Å². The Bertz CT molecular complexity index is 597. The van der Waals surface area contributed by atoms with Gasteiger partial charge in [-0.25, -0.2) is 0 Å². The zero-order valence-corrected chi connectivity index (χ0v) is 10.2. The Balaban J connectivity index is 2.87. The molecule has 0 radical (unpaired) electrons. The van der Waals surface area contributed by atoms with E-state index in [2.05, 4.69) is 10.8 Å². The molecule has 0 heterocycles. The van der Waals surface area contributed by atoms with Gasteiger partial charge in [0.05, 0.1) is 0 Å². The van der Waals surface area contributed by atoms with E-state index in [1.807, 2.05) is 0 Å². The van der Waals surface area contributed by atoms with Crippen molar-refractivity contribution in [3.63, 3.8) is 0 Å². The smallest absolute Gasteiger partial charge is 0.326 e. The van der Waals surface area contributed by atoms with Gasteiger partial charge in [0.2, 0.25) is 5.08 Å². The number of hydrogen-bond acceptors (Lipinski definition) is 5. The van der Waals surface area contributed by atoms with Gasteiger partial charge in [-0.3, -0.25) is 4.55 Å². The summed E-state index contributed by atoms with van der Waals surface area (Å²) in [6.45, 7) is 3.51. The van der Waals surface area contributed by atoms with Gasteiger partial charge < -0.3 is 4.18 Å². The van der Waals surface area contributed by atoms with Gasteiger partial charge in [-0.1, -0.05) is 24.8 Å². The summed E-state index contributed by atoms with van der Waals surface area (Å²) in [6, 6.07) is 5.79. The summed E-state index contributed by atoms with van der Waals surface area (Å²) in [4.78, 5) is 0. The largest absolute Gasteiger partial charge is 0.382 e. The molecule has 1 rings (SSSR count). The van der Waals surface area contributed by atoms with Crippen LogP contribution in [0.2, 0.25) is 0 Å². The third-order valence-corrected chi connectivity index (χ3v) is 4.42. The third kappa shape index (κ3) is 4.98. The van der Waals surface area contributed by atoms with E-state index in [4.69, 9.17) is 4.55 Å². The van der Waals surface area contributed by atoms with Gasteiger partial charge >= 0.3 is 10.1 Å². The maximum Gasteiger partial charge on any atom is 0.326 e. The first-order chi connectivity index (χ1) is 7.72. The van der Waals surface area contributed by atoms with Crippen LogP contribution < -0.4 is 4.18 Å². The van der Waals surface area contributed by atoms with Gasteiger partial charge in [0, 0.05) is 0 Å². The van der Waals surface area contributed by atoms with Crippen molar-refractivity contribution >= 4 is 26.3 Å². The Kier molecular flexibility index (Phi) is 3.91. The lowest BCUT2D eigenvalue weighted by molar-refractivity contribution is 0.473. The molecule has 0 atom stereocenters. The fourth-order valence-corrected chi connectivity index (χ4v) is 3.07. The van der Waals surface area contributed by atoms with Crippen molar-refractivity contribution < 1.29 is 25.6 Å². The normalized spacial score (nSPS) is 12.1. The van der Waals surface area contributed by atoms with Crippen LogP contribution in [-0.2, 0) is 20.2 Å². The van der Waals surface area contributed by atoms with E-state index in [0.717, 1.165) is 5.56 Å². The summed E-state index contributed by atoms with van der Waals surface area (Å²) in [7, 11) is -9.02. The second-order valence-electron chi connectivity index (χ2n) is 3.11. The first-order valence-corrected chi connectivity index (χ1v) is 7.50. The Morgan fingerprint density at radius 3 is 2.12 bits per heavy atom. The van der Waals surface area contributed by atoms with Crippen molar-refractivity contribution in [2.75, 3.05) is 5.08 Å². The summed E-state index contributed by atoms with van der Waals surface area (Å²) in [5.41, 5.74) is 0.754. The predicted molar refractivity (Wildman–Crippen MR) is 62.5 cm³/mol. The van der Waals surface area contributed by atoms with Gasteiger partial charge in [-0.2, -0.15) is 16.8 Å². The first kappa shape index (κ1) is 13.7. The standard InChI is InChI=1S/C9H10O6S2/c1-2-8-3-5-9(6-4-8)15-17(13,14)7-16(10,11)12/h2-6H,1,7H2,(H,10,11,12). The van der Waals surface area contributed by atoms with Gasteiger partial charge in [0.1, 0.15) is 5.75 Å². The Hall–Kier alpha value is -1.38. The van der Waals surface area contributed by atoms with Crippen LogP contribution in [-0.4, -0.2) is 26.5 Å². The van der Waals surface area contributed by atoms with Crippen molar-refractivity contribution in [1.29, 1.82) is 0 Å². The van der Waals surface area contributed by atoms with Crippen LogP contribution in [0.3, 0.4) is 0 Å². The van der Waals surface area contributed by atoms with Crippen molar-refractivity contribution in [3.8, 4) is 5.75 Å². The summed E-state index contributed by atoms with van der Waals surface area (Å²) in [5, 5.41) is -1.48. The fraction of sp³-hybridized carbons (Fsp3) is 0.111. The molecule has 8 heteroatoms. The molecule has 1 aromatic rings. The van der Waals surface area contributed by atoms with E-state index in [-0.39, 0.29) is 5.75 Å². The lowest BCUT2D eigenvalue weighted by Gasteiger charge is -2.05. The molecule has 0 amide bonds. The minimum Gasteiger partial charge on any atom is -0.382 e. The van der Waals surface area contributed by atoms with Crippen molar-refractivity contribution in [2.24, 2.45) is 0 Å². The molecule has 17 heavy (non-hydrogen) atoms. The van der Waals surface area contributed by atoms with E-state index in [9.17, 15) is 16.8 Å². The lowest BCUT2D eigenvalue weighted by atomic mass is 10.2. The summed E-state index contributed by atoms with van der Waals surface area (Å²) >= 11 is 0. The second kappa shape index (κ2) is 4.86. The molecular weight excluding hydrogens is 268 g/mol. The molecule has 0 bridgehead atoms. The van der Waals surface area contributed by atoms with Crippen molar-refractivity contribution in [2.45, 2.75) is 0 Å². The van der Waals surface area contributed by atoms with Crippen molar-refractivity contribution in [1.82, 2.24) is 0 Å². The van der Waals surface area contributed by atoms with E-state index < -0.39 is 25.3 Å². The Labute approximate surface area is 99.4 Å². The highest BCUT2D eigenvalue weighted by Gasteiger charge is 2.21. The zero-order chi connectivity index (χ0) is 13.1. The van der Waals surface area contributed by atoms with E-state index >= 15 is 0 Å². The monoisotopic (exact) mass is 278 g/mol. The minimum atomic E-state index is -4.64. The van der Waals surface area contributed by atoms with Gasteiger partial charge in [0.25, 0.3) is 10.1 Å². The maximum absolute atomic E-state index is 11.2. The van der Waals surface area contributed by atoms with E-state index in [1.165, 1.54) is 12.1 Å². The summed E-state index contributed by atoms with van der Waals surface area (Å²) < 4.78 is 56.1. The number of hydrogen-bond donors (Lipinski definition) is 1. The molecule has 0 aliphatic rings. The van der Waals surface area contributed by atoms with Crippen LogP contribution in [0.25, 0.3) is 6.08 Å². The predicted octanol–water partition coefficient (Wildman–Crippen LogP) is 0.884. The Morgan fingerprint density at radius 1 is 1.18 bits per heavy atom. The average Bonchev–Trinajstić information content (AvgIpc) is 2.14. The molecule has 1 aromatic carbocycles. The van der Waals surface area contributed by atoms with Crippen LogP contribution in [0.15, 0.2) is 30.8 Å². The fourth-order valence-electron chi connectivity index (χ4n) is 1.01. The summed E-state index contributed by atoms with van der Waals surface area (Å²) in [6.07, 6.45) is 1.55. The molecule has 0 spiro atoms. The highest BCUT2D eigenvalue weighted by molar-refractivity contribution is 8.03. The molecule has 0 saturated carbocycles. The molecule has 6 nitrogen and oxygen atoms in total. The molecule has 0 fully saturated rings. The molecule has 0 aromatic heterocycles. The average molecular weight is 278 g/mol. The quantitative estimate of drug-likeness (QED) is 0.634. The van der Waals surface area contributed by atoms with Crippen molar-refractivity contribution in [3.05, 3.63) is 36.4 Å².